The molecule has 20 heavy (non-hydrogen) atoms. The second-order valence-corrected chi connectivity index (χ2v) is 5.10. The molecule has 3 rings (SSSR count). The zero-order valence-electron chi connectivity index (χ0n) is 11.9. The van der Waals surface area contributed by atoms with Crippen LogP contribution in [0.4, 0.5) is 5.95 Å². The van der Waals surface area contributed by atoms with Crippen molar-refractivity contribution < 1.29 is 4.74 Å². The first-order chi connectivity index (χ1) is 9.69. The lowest BCUT2D eigenvalue weighted by molar-refractivity contribution is 0.396. The summed E-state index contributed by atoms with van der Waals surface area (Å²) >= 11 is 0. The summed E-state index contributed by atoms with van der Waals surface area (Å²) in [4.78, 5) is 10.8. The molecule has 1 aliphatic heterocycles. The van der Waals surface area contributed by atoms with Crippen molar-refractivity contribution in [1.29, 1.82) is 0 Å². The molecule has 0 aromatic carbocycles. The molecule has 7 heteroatoms. The van der Waals surface area contributed by atoms with E-state index in [0.29, 0.717) is 24.3 Å². The van der Waals surface area contributed by atoms with Gasteiger partial charge < -0.3 is 14.2 Å². The Bertz CT molecular complexity index is 609. The van der Waals surface area contributed by atoms with E-state index in [9.17, 15) is 0 Å². The largest absolute Gasteiger partial charge is 0.481 e. The van der Waals surface area contributed by atoms with Crippen LogP contribution in [-0.2, 0) is 13.1 Å². The maximum absolute atomic E-state index is 5.14. The Hall–Kier alpha value is -2.18. The van der Waals surface area contributed by atoms with Crippen molar-refractivity contribution in [2.45, 2.75) is 32.9 Å². The van der Waals surface area contributed by atoms with Crippen LogP contribution in [0.5, 0.6) is 5.88 Å². The quantitative estimate of drug-likeness (QED) is 0.838. The first kappa shape index (κ1) is 12.8. The van der Waals surface area contributed by atoms with E-state index in [1.165, 1.54) is 0 Å². The number of rotatable bonds is 3. The summed E-state index contributed by atoms with van der Waals surface area (Å²) in [7, 11) is 1.61. The summed E-state index contributed by atoms with van der Waals surface area (Å²) in [5.41, 5.74) is 0. The van der Waals surface area contributed by atoms with Crippen molar-refractivity contribution in [3.8, 4) is 5.88 Å². The average molecular weight is 274 g/mol. The van der Waals surface area contributed by atoms with Crippen LogP contribution in [0.15, 0.2) is 12.3 Å². The molecular formula is C13H18N6O. The summed E-state index contributed by atoms with van der Waals surface area (Å²) in [6.07, 6.45) is 1.71. The Kier molecular flexibility index (Phi) is 3.25. The third-order valence-electron chi connectivity index (χ3n) is 3.41. The molecule has 0 aliphatic carbocycles. The van der Waals surface area contributed by atoms with E-state index in [1.807, 2.05) is 0 Å². The molecule has 0 unspecified atom stereocenters. The van der Waals surface area contributed by atoms with E-state index in [0.717, 1.165) is 24.7 Å². The SMILES string of the molecule is COc1ccnc(N2CCn3c(nnc3C(C)C)C2)n1. The zero-order valence-corrected chi connectivity index (χ0v) is 11.9. The van der Waals surface area contributed by atoms with Crippen LogP contribution in [0.25, 0.3) is 0 Å². The van der Waals surface area contributed by atoms with Gasteiger partial charge in [0.2, 0.25) is 11.8 Å². The predicted molar refractivity (Wildman–Crippen MR) is 73.7 cm³/mol. The van der Waals surface area contributed by atoms with Gasteiger partial charge in [0.25, 0.3) is 0 Å². The van der Waals surface area contributed by atoms with Crippen LogP contribution in [0.2, 0.25) is 0 Å². The van der Waals surface area contributed by atoms with Crippen molar-refractivity contribution in [3.63, 3.8) is 0 Å². The summed E-state index contributed by atoms with van der Waals surface area (Å²) in [6.45, 7) is 6.64. The first-order valence-electron chi connectivity index (χ1n) is 6.73. The lowest BCUT2D eigenvalue weighted by Gasteiger charge is -2.28. The highest BCUT2D eigenvalue weighted by Crippen LogP contribution is 2.21. The third-order valence-corrected chi connectivity index (χ3v) is 3.41. The Balaban J connectivity index is 1.85. The van der Waals surface area contributed by atoms with Crippen molar-refractivity contribution >= 4 is 5.95 Å². The first-order valence-corrected chi connectivity index (χ1v) is 6.73. The molecule has 0 atom stereocenters. The molecule has 0 saturated carbocycles. The minimum Gasteiger partial charge on any atom is -0.481 e. The lowest BCUT2D eigenvalue weighted by Crippen LogP contribution is -2.35. The van der Waals surface area contributed by atoms with Crippen LogP contribution in [0.3, 0.4) is 0 Å². The minimum atomic E-state index is 0.385. The molecule has 0 radical (unpaired) electrons. The van der Waals surface area contributed by atoms with Gasteiger partial charge in [0.1, 0.15) is 5.82 Å². The van der Waals surface area contributed by atoms with Gasteiger partial charge in [0.15, 0.2) is 5.82 Å². The smallest absolute Gasteiger partial charge is 0.229 e. The summed E-state index contributed by atoms with van der Waals surface area (Å²) in [5, 5.41) is 8.56. The number of aromatic nitrogens is 5. The van der Waals surface area contributed by atoms with Crippen molar-refractivity contribution in [2.75, 3.05) is 18.6 Å². The molecular weight excluding hydrogens is 256 g/mol. The molecule has 0 spiro atoms. The number of hydrogen-bond donors (Lipinski definition) is 0. The van der Waals surface area contributed by atoms with Crippen LogP contribution in [-0.4, -0.2) is 38.4 Å². The molecule has 0 fully saturated rings. The van der Waals surface area contributed by atoms with Gasteiger partial charge in [0, 0.05) is 31.3 Å². The molecule has 2 aromatic heterocycles. The highest BCUT2D eigenvalue weighted by atomic mass is 16.5. The fourth-order valence-corrected chi connectivity index (χ4v) is 2.38. The van der Waals surface area contributed by atoms with Gasteiger partial charge in [-0.15, -0.1) is 10.2 Å². The van der Waals surface area contributed by atoms with Gasteiger partial charge in [-0.25, -0.2) is 4.98 Å². The molecule has 106 valence electrons. The number of hydrogen-bond acceptors (Lipinski definition) is 6. The van der Waals surface area contributed by atoms with Crippen molar-refractivity contribution in [1.82, 2.24) is 24.7 Å². The Morgan fingerprint density at radius 1 is 1.25 bits per heavy atom. The molecule has 0 amide bonds. The minimum absolute atomic E-state index is 0.385. The van der Waals surface area contributed by atoms with Crippen LogP contribution in [0.1, 0.15) is 31.4 Å². The fraction of sp³-hybridized carbons (Fsp3) is 0.538. The van der Waals surface area contributed by atoms with Crippen LogP contribution in [0, 0.1) is 0 Å². The Labute approximate surface area is 117 Å². The van der Waals surface area contributed by atoms with Gasteiger partial charge in [0.05, 0.1) is 13.7 Å². The van der Waals surface area contributed by atoms with E-state index >= 15 is 0 Å². The van der Waals surface area contributed by atoms with Crippen molar-refractivity contribution in [3.05, 3.63) is 23.9 Å². The molecule has 3 heterocycles. The van der Waals surface area contributed by atoms with Gasteiger partial charge in [-0.1, -0.05) is 13.8 Å². The van der Waals surface area contributed by atoms with E-state index in [1.54, 1.807) is 19.4 Å². The molecule has 0 saturated heterocycles. The monoisotopic (exact) mass is 274 g/mol. The normalized spacial score (nSPS) is 14.5. The highest BCUT2D eigenvalue weighted by molar-refractivity contribution is 5.33. The second-order valence-electron chi connectivity index (χ2n) is 5.10. The van der Waals surface area contributed by atoms with Crippen molar-refractivity contribution in [2.24, 2.45) is 0 Å². The second kappa shape index (κ2) is 5.07. The van der Waals surface area contributed by atoms with Gasteiger partial charge in [-0.2, -0.15) is 4.98 Å². The maximum Gasteiger partial charge on any atom is 0.229 e. The Morgan fingerprint density at radius 3 is 2.85 bits per heavy atom. The molecule has 0 N–H and O–H groups in total. The zero-order chi connectivity index (χ0) is 14.1. The number of nitrogens with zero attached hydrogens (tertiary/aromatic N) is 6. The topological polar surface area (TPSA) is 69.0 Å². The maximum atomic E-state index is 5.14. The van der Waals surface area contributed by atoms with E-state index in [2.05, 4.69) is 43.5 Å². The van der Waals surface area contributed by atoms with E-state index in [4.69, 9.17) is 4.74 Å². The molecule has 2 aromatic rings. The number of fused-ring (bicyclic) bond motifs is 1. The van der Waals surface area contributed by atoms with Gasteiger partial charge in [-0.3, -0.25) is 0 Å². The van der Waals surface area contributed by atoms with Crippen LogP contribution < -0.4 is 9.64 Å². The average Bonchev–Trinajstić information content (AvgIpc) is 2.90. The standard InChI is InChI=1S/C13H18N6O/c1-9(2)12-17-16-10-8-18(6-7-19(10)12)13-14-5-4-11(15-13)20-3/h4-5,9H,6-8H2,1-3H3. The van der Waals surface area contributed by atoms with E-state index < -0.39 is 0 Å². The number of anilines is 1. The third kappa shape index (κ3) is 2.19. The molecule has 0 bridgehead atoms. The number of methoxy groups -OCH3 is 1. The summed E-state index contributed by atoms with van der Waals surface area (Å²) < 4.78 is 7.34. The summed E-state index contributed by atoms with van der Waals surface area (Å²) in [6, 6.07) is 1.74. The lowest BCUT2D eigenvalue weighted by atomic mass is 10.2. The predicted octanol–water partition coefficient (Wildman–Crippen LogP) is 1.22. The Morgan fingerprint density at radius 2 is 2.10 bits per heavy atom. The number of ether oxygens (including phenoxy) is 1. The van der Waals surface area contributed by atoms with Crippen LogP contribution >= 0.6 is 0 Å². The van der Waals surface area contributed by atoms with Gasteiger partial charge >= 0.3 is 0 Å². The highest BCUT2D eigenvalue weighted by Gasteiger charge is 2.23. The molecule has 1 aliphatic rings. The van der Waals surface area contributed by atoms with Gasteiger partial charge in [-0.05, 0) is 0 Å². The summed E-state index contributed by atoms with van der Waals surface area (Å²) in [5.74, 6) is 3.64. The van der Waals surface area contributed by atoms with E-state index in [-0.39, 0.29) is 0 Å². The fourth-order valence-electron chi connectivity index (χ4n) is 2.38. The molecule has 7 nitrogen and oxygen atoms in total.